The minimum atomic E-state index is -1.09. The molecule has 1 amide bonds. The van der Waals surface area contributed by atoms with Gasteiger partial charge in [-0.05, 0) is 28.1 Å². The zero-order valence-electron chi connectivity index (χ0n) is 13.3. The molecule has 138 valence electrons. The van der Waals surface area contributed by atoms with Gasteiger partial charge in [0.2, 0.25) is 0 Å². The van der Waals surface area contributed by atoms with Crippen molar-refractivity contribution in [3.8, 4) is 0 Å². The second-order valence-corrected chi connectivity index (χ2v) is 7.05. The van der Waals surface area contributed by atoms with Crippen LogP contribution in [-0.4, -0.2) is 63.4 Å². The number of carbonyl (C=O) groups is 1. The van der Waals surface area contributed by atoms with Crippen molar-refractivity contribution in [2.24, 2.45) is 0 Å². The molecule has 0 aliphatic carbocycles. The van der Waals surface area contributed by atoms with Gasteiger partial charge in [0, 0.05) is 29.5 Å². The number of pyridine rings is 1. The molecular weight excluding hydrogens is 432 g/mol. The minimum Gasteiger partial charge on any atom is -0.465 e. The van der Waals surface area contributed by atoms with Gasteiger partial charge in [-0.25, -0.2) is 9.78 Å². The Bertz CT molecular complexity index is 896. The molecule has 2 N–H and O–H groups in total. The van der Waals surface area contributed by atoms with Crippen molar-refractivity contribution in [1.29, 1.82) is 0 Å². The molecule has 1 aromatic carbocycles. The first kappa shape index (κ1) is 18.6. The highest BCUT2D eigenvalue weighted by Crippen LogP contribution is 2.39. The Balaban J connectivity index is 2.18. The van der Waals surface area contributed by atoms with E-state index in [1.807, 2.05) is 0 Å². The second kappa shape index (κ2) is 7.22. The number of aromatic nitrogens is 1. The highest BCUT2D eigenvalue weighted by molar-refractivity contribution is 9.10. The lowest BCUT2D eigenvalue weighted by Gasteiger charge is -2.40. The summed E-state index contributed by atoms with van der Waals surface area (Å²) in [7, 11) is 0. The number of benzene rings is 1. The zero-order valence-corrected chi connectivity index (χ0v) is 15.6. The first-order valence-corrected chi connectivity index (χ1v) is 8.78. The summed E-state index contributed by atoms with van der Waals surface area (Å²) in [6, 6.07) is 2.62. The van der Waals surface area contributed by atoms with E-state index in [1.165, 1.54) is 4.90 Å². The summed E-state index contributed by atoms with van der Waals surface area (Å²) < 4.78 is 0.605. The van der Waals surface area contributed by atoms with Crippen molar-refractivity contribution in [3.63, 3.8) is 0 Å². The number of hydrogen-bond acceptors (Lipinski definition) is 6. The fraction of sp³-hybridized carbons (Fsp3) is 0.333. The molecule has 1 aromatic heterocycles. The van der Waals surface area contributed by atoms with Crippen molar-refractivity contribution < 1.29 is 19.9 Å². The van der Waals surface area contributed by atoms with Gasteiger partial charge in [0.1, 0.15) is 11.9 Å². The summed E-state index contributed by atoms with van der Waals surface area (Å²) in [5.74, 6) is 0. The van der Waals surface area contributed by atoms with E-state index >= 15 is 0 Å². The molecule has 1 unspecified atom stereocenters. The molecular formula is C15H14BrClN4O5. The van der Waals surface area contributed by atoms with Crippen LogP contribution in [0.1, 0.15) is 0 Å². The number of hydrogen-bond donors (Lipinski definition) is 2. The number of rotatable bonds is 3. The van der Waals surface area contributed by atoms with E-state index in [1.54, 1.807) is 17.0 Å². The molecule has 0 bridgehead atoms. The number of nitrogens with zero attached hydrogens (tertiary/aromatic N) is 4. The van der Waals surface area contributed by atoms with E-state index in [0.29, 0.717) is 20.4 Å². The number of piperazine rings is 1. The number of nitro groups is 1. The van der Waals surface area contributed by atoms with E-state index in [2.05, 4.69) is 20.9 Å². The van der Waals surface area contributed by atoms with Gasteiger partial charge in [0.25, 0.3) is 0 Å². The lowest BCUT2D eigenvalue weighted by molar-refractivity contribution is -0.384. The molecule has 1 fully saturated rings. The standard InChI is InChI=1S/C15H14BrClN4O5/c16-10-4-12-9(3-11(10)17)14(13(5-18-12)21(25)26)20-2-1-19(15(23)24)6-8(20)7-22/h3-5,8,22H,1-2,6-7H2,(H,23,24). The van der Waals surface area contributed by atoms with Crippen LogP contribution in [0.25, 0.3) is 10.9 Å². The predicted molar refractivity (Wildman–Crippen MR) is 98.9 cm³/mol. The maximum absolute atomic E-state index is 11.6. The van der Waals surface area contributed by atoms with Gasteiger partial charge in [-0.1, -0.05) is 11.6 Å². The van der Waals surface area contributed by atoms with Crippen LogP contribution in [0.15, 0.2) is 22.8 Å². The molecule has 1 aliphatic heterocycles. The first-order chi connectivity index (χ1) is 12.3. The molecule has 11 heteroatoms. The monoisotopic (exact) mass is 444 g/mol. The van der Waals surface area contributed by atoms with Crippen molar-refractivity contribution in [2.45, 2.75) is 6.04 Å². The van der Waals surface area contributed by atoms with Crippen molar-refractivity contribution in [1.82, 2.24) is 9.88 Å². The SMILES string of the molecule is O=C(O)N1CCN(c2c([N+](=O)[O-])cnc3cc(Br)c(Cl)cc23)C(CO)C1. The van der Waals surface area contributed by atoms with Gasteiger partial charge in [0.05, 0.1) is 28.1 Å². The van der Waals surface area contributed by atoms with Crippen molar-refractivity contribution in [3.05, 3.63) is 37.9 Å². The summed E-state index contributed by atoms with van der Waals surface area (Å²) in [5, 5.41) is 31.3. The normalized spacial score (nSPS) is 17.6. The minimum absolute atomic E-state index is 0.0388. The third-order valence-corrected chi connectivity index (χ3v) is 5.51. The van der Waals surface area contributed by atoms with Crippen LogP contribution in [0.5, 0.6) is 0 Å². The summed E-state index contributed by atoms with van der Waals surface area (Å²) in [6.07, 6.45) is 0.0693. The first-order valence-electron chi connectivity index (χ1n) is 7.61. The highest BCUT2D eigenvalue weighted by atomic mass is 79.9. The molecule has 1 aliphatic rings. The van der Waals surface area contributed by atoms with Gasteiger partial charge in [-0.3, -0.25) is 10.1 Å². The van der Waals surface area contributed by atoms with E-state index in [4.69, 9.17) is 11.6 Å². The van der Waals surface area contributed by atoms with E-state index in [9.17, 15) is 25.1 Å². The largest absolute Gasteiger partial charge is 0.465 e. The van der Waals surface area contributed by atoms with Crippen LogP contribution in [0.3, 0.4) is 0 Å². The van der Waals surface area contributed by atoms with E-state index < -0.39 is 17.1 Å². The van der Waals surface area contributed by atoms with Crippen molar-refractivity contribution >= 4 is 55.9 Å². The van der Waals surface area contributed by atoms with Crippen LogP contribution in [-0.2, 0) is 0 Å². The van der Waals surface area contributed by atoms with E-state index in [0.717, 1.165) is 6.20 Å². The molecule has 26 heavy (non-hydrogen) atoms. The Morgan fingerprint density at radius 3 is 2.81 bits per heavy atom. The number of aliphatic hydroxyl groups excluding tert-OH is 1. The number of halogens is 2. The molecule has 3 rings (SSSR count). The topological polar surface area (TPSA) is 120 Å². The quantitative estimate of drug-likeness (QED) is 0.550. The molecule has 2 heterocycles. The van der Waals surface area contributed by atoms with Crippen LogP contribution in [0.4, 0.5) is 16.2 Å². The number of amides is 1. The number of fused-ring (bicyclic) bond motifs is 1. The third-order valence-electron chi connectivity index (χ3n) is 4.31. The summed E-state index contributed by atoms with van der Waals surface area (Å²) >= 11 is 9.47. The van der Waals surface area contributed by atoms with Gasteiger partial charge < -0.3 is 20.0 Å². The zero-order chi connectivity index (χ0) is 19.0. The molecule has 2 aromatic rings. The van der Waals surface area contributed by atoms with Gasteiger partial charge in [-0.15, -0.1) is 0 Å². The van der Waals surface area contributed by atoms with Gasteiger partial charge in [-0.2, -0.15) is 0 Å². The maximum atomic E-state index is 11.6. The highest BCUT2D eigenvalue weighted by Gasteiger charge is 2.34. The smallest absolute Gasteiger partial charge is 0.407 e. The van der Waals surface area contributed by atoms with Crippen LogP contribution >= 0.6 is 27.5 Å². The Labute approximate surface area is 161 Å². The fourth-order valence-electron chi connectivity index (χ4n) is 3.08. The van der Waals surface area contributed by atoms with Crippen LogP contribution < -0.4 is 4.90 Å². The summed E-state index contributed by atoms with van der Waals surface area (Å²) in [4.78, 5) is 29.2. The molecule has 0 radical (unpaired) electrons. The third kappa shape index (κ3) is 3.27. The molecule has 1 atom stereocenters. The average molecular weight is 446 g/mol. The molecule has 1 saturated heterocycles. The van der Waals surface area contributed by atoms with Gasteiger partial charge in [0.15, 0.2) is 0 Å². The summed E-state index contributed by atoms with van der Waals surface area (Å²) in [5.41, 5.74) is 0.552. The average Bonchev–Trinajstić information content (AvgIpc) is 2.61. The fourth-order valence-corrected chi connectivity index (χ4v) is 3.57. The van der Waals surface area contributed by atoms with Crippen LogP contribution in [0, 0.1) is 10.1 Å². The number of aliphatic hydroxyl groups is 1. The molecule has 0 saturated carbocycles. The Hall–Kier alpha value is -2.17. The lowest BCUT2D eigenvalue weighted by Crippen LogP contribution is -2.56. The van der Waals surface area contributed by atoms with Crippen molar-refractivity contribution in [2.75, 3.05) is 31.1 Å². The Morgan fingerprint density at radius 1 is 1.46 bits per heavy atom. The number of carboxylic acid groups (broad SMARTS) is 1. The Morgan fingerprint density at radius 2 is 2.19 bits per heavy atom. The van der Waals surface area contributed by atoms with Gasteiger partial charge >= 0.3 is 11.8 Å². The summed E-state index contributed by atoms with van der Waals surface area (Å²) in [6.45, 7) is 0.0499. The Kier molecular flexibility index (Phi) is 5.17. The second-order valence-electron chi connectivity index (χ2n) is 5.79. The lowest BCUT2D eigenvalue weighted by atomic mass is 10.1. The number of anilines is 1. The molecule has 9 nitrogen and oxygen atoms in total. The molecule has 0 spiro atoms. The van der Waals surface area contributed by atoms with E-state index in [-0.39, 0.29) is 37.6 Å². The van der Waals surface area contributed by atoms with Crippen LogP contribution in [0.2, 0.25) is 5.02 Å². The maximum Gasteiger partial charge on any atom is 0.407 e. The predicted octanol–water partition coefficient (Wildman–Crippen LogP) is 2.72.